The van der Waals surface area contributed by atoms with E-state index >= 15 is 0 Å². The number of halogens is 3. The van der Waals surface area contributed by atoms with Gasteiger partial charge in [0.15, 0.2) is 5.92 Å². The number of nitrogens with zero attached hydrogens (tertiary/aromatic N) is 2. The van der Waals surface area contributed by atoms with Crippen molar-refractivity contribution in [2.75, 3.05) is 19.6 Å². The molecule has 0 fully saturated rings. The van der Waals surface area contributed by atoms with Crippen LogP contribution < -0.4 is 0 Å². The molecule has 0 spiro atoms. The largest absolute Gasteiger partial charge is 0.481 e. The Morgan fingerprint density at radius 2 is 2.12 bits per heavy atom. The molecular weight excluding hydrogens is 225 g/mol. The highest BCUT2D eigenvalue weighted by atomic mass is 19.4. The van der Waals surface area contributed by atoms with Gasteiger partial charge >= 0.3 is 12.1 Å². The highest BCUT2D eigenvalue weighted by molar-refractivity contribution is 5.71. The van der Waals surface area contributed by atoms with E-state index in [2.05, 4.69) is 0 Å². The van der Waals surface area contributed by atoms with Crippen LogP contribution in [0.15, 0.2) is 0 Å². The molecule has 1 atom stereocenters. The average Bonchev–Trinajstić information content (AvgIpc) is 2.15. The lowest BCUT2D eigenvalue weighted by Crippen LogP contribution is -2.41. The normalized spacial score (nSPS) is 13.5. The van der Waals surface area contributed by atoms with Crippen molar-refractivity contribution in [1.29, 1.82) is 5.26 Å². The van der Waals surface area contributed by atoms with Crippen LogP contribution in [0.3, 0.4) is 0 Å². The van der Waals surface area contributed by atoms with E-state index in [1.807, 2.05) is 0 Å². The van der Waals surface area contributed by atoms with Crippen molar-refractivity contribution in [3.05, 3.63) is 0 Å². The number of alkyl halides is 3. The van der Waals surface area contributed by atoms with Crippen LogP contribution in [0.2, 0.25) is 0 Å². The molecule has 0 aliphatic rings. The lowest BCUT2D eigenvalue weighted by Gasteiger charge is -2.24. The molecule has 0 aromatic heterocycles. The van der Waals surface area contributed by atoms with Gasteiger partial charge in [0, 0.05) is 19.5 Å². The third-order valence-electron chi connectivity index (χ3n) is 2.12. The minimum Gasteiger partial charge on any atom is -0.481 e. The Labute approximate surface area is 91.3 Å². The first kappa shape index (κ1) is 14.7. The molecule has 4 nitrogen and oxygen atoms in total. The van der Waals surface area contributed by atoms with Crippen LogP contribution >= 0.6 is 0 Å². The fourth-order valence-electron chi connectivity index (χ4n) is 1.17. The molecule has 1 unspecified atom stereocenters. The summed E-state index contributed by atoms with van der Waals surface area (Å²) in [5.41, 5.74) is 0. The number of hydrogen-bond acceptors (Lipinski definition) is 3. The average molecular weight is 238 g/mol. The molecule has 0 bridgehead atoms. The minimum absolute atomic E-state index is 0.0814. The van der Waals surface area contributed by atoms with Gasteiger partial charge < -0.3 is 10.0 Å². The van der Waals surface area contributed by atoms with Crippen LogP contribution in [-0.4, -0.2) is 41.8 Å². The molecule has 7 heteroatoms. The van der Waals surface area contributed by atoms with Gasteiger partial charge in [-0.3, -0.25) is 4.79 Å². The first-order valence-corrected chi connectivity index (χ1v) is 4.71. The van der Waals surface area contributed by atoms with Crippen LogP contribution in [0.4, 0.5) is 13.2 Å². The minimum atomic E-state index is -4.76. The first-order chi connectivity index (χ1) is 7.32. The molecule has 0 saturated heterocycles. The summed E-state index contributed by atoms with van der Waals surface area (Å²) in [6.07, 6.45) is -4.68. The fourth-order valence-corrected chi connectivity index (χ4v) is 1.17. The predicted molar refractivity (Wildman–Crippen MR) is 49.5 cm³/mol. The van der Waals surface area contributed by atoms with Gasteiger partial charge in [0.2, 0.25) is 0 Å². The highest BCUT2D eigenvalue weighted by Gasteiger charge is 2.45. The topological polar surface area (TPSA) is 64.3 Å². The second-order valence-corrected chi connectivity index (χ2v) is 3.23. The van der Waals surface area contributed by atoms with Gasteiger partial charge in [0.25, 0.3) is 0 Å². The lowest BCUT2D eigenvalue weighted by molar-refractivity contribution is -0.196. The molecule has 0 amide bonds. The van der Waals surface area contributed by atoms with E-state index in [-0.39, 0.29) is 19.5 Å². The Hall–Kier alpha value is -1.29. The summed E-state index contributed by atoms with van der Waals surface area (Å²) in [5, 5.41) is 16.8. The summed E-state index contributed by atoms with van der Waals surface area (Å²) in [7, 11) is 0. The van der Waals surface area contributed by atoms with Crippen LogP contribution in [-0.2, 0) is 4.79 Å². The number of carboxylic acid groups (broad SMARTS) is 1. The summed E-state index contributed by atoms with van der Waals surface area (Å²) < 4.78 is 37.0. The number of carbonyl (C=O) groups is 1. The summed E-state index contributed by atoms with van der Waals surface area (Å²) in [6, 6.07) is 1.80. The molecule has 0 aromatic rings. The molecule has 0 aliphatic heterocycles. The van der Waals surface area contributed by atoms with Crippen molar-refractivity contribution in [3.63, 3.8) is 0 Å². The van der Waals surface area contributed by atoms with E-state index in [1.165, 1.54) is 4.90 Å². The zero-order chi connectivity index (χ0) is 12.8. The quantitative estimate of drug-likeness (QED) is 0.761. The first-order valence-electron chi connectivity index (χ1n) is 4.71. The molecule has 0 radical (unpaired) electrons. The van der Waals surface area contributed by atoms with E-state index < -0.39 is 24.6 Å². The zero-order valence-corrected chi connectivity index (χ0v) is 8.79. The van der Waals surface area contributed by atoms with Crippen LogP contribution in [0.25, 0.3) is 0 Å². The third-order valence-corrected chi connectivity index (χ3v) is 2.12. The maximum absolute atomic E-state index is 12.3. The summed E-state index contributed by atoms with van der Waals surface area (Å²) in [5.74, 6) is -4.28. The fraction of sp³-hybridized carbons (Fsp3) is 0.778. The van der Waals surface area contributed by atoms with E-state index in [4.69, 9.17) is 10.4 Å². The number of hydrogen-bond donors (Lipinski definition) is 1. The molecule has 0 aliphatic carbocycles. The number of carboxylic acids is 1. The molecule has 0 heterocycles. The van der Waals surface area contributed by atoms with Crippen molar-refractivity contribution in [1.82, 2.24) is 4.90 Å². The van der Waals surface area contributed by atoms with Gasteiger partial charge in [0.05, 0.1) is 6.07 Å². The standard InChI is InChI=1S/C9H13F3N2O2/c1-2-14(5-3-4-13)6-7(8(15)16)9(10,11)12/h7H,2-3,5-6H2,1H3,(H,15,16). The van der Waals surface area contributed by atoms with Crippen molar-refractivity contribution < 1.29 is 23.1 Å². The van der Waals surface area contributed by atoms with Crippen LogP contribution in [0, 0.1) is 17.2 Å². The van der Waals surface area contributed by atoms with E-state index in [9.17, 15) is 18.0 Å². The van der Waals surface area contributed by atoms with Crippen molar-refractivity contribution in [2.24, 2.45) is 5.92 Å². The Kier molecular flexibility index (Phi) is 5.82. The second-order valence-electron chi connectivity index (χ2n) is 3.23. The van der Waals surface area contributed by atoms with Gasteiger partial charge in [-0.25, -0.2) is 0 Å². The number of rotatable bonds is 6. The van der Waals surface area contributed by atoms with E-state index in [0.717, 1.165) is 0 Å². The molecule has 16 heavy (non-hydrogen) atoms. The summed E-state index contributed by atoms with van der Waals surface area (Å²) in [6.45, 7) is 1.43. The molecule has 92 valence electrons. The second kappa shape index (κ2) is 6.33. The molecular formula is C9H13F3N2O2. The van der Waals surface area contributed by atoms with E-state index in [0.29, 0.717) is 0 Å². The maximum Gasteiger partial charge on any atom is 0.403 e. The maximum atomic E-state index is 12.3. The van der Waals surface area contributed by atoms with Crippen LogP contribution in [0.1, 0.15) is 13.3 Å². The van der Waals surface area contributed by atoms with Crippen molar-refractivity contribution >= 4 is 5.97 Å². The highest BCUT2D eigenvalue weighted by Crippen LogP contribution is 2.27. The van der Waals surface area contributed by atoms with E-state index in [1.54, 1.807) is 13.0 Å². The number of nitriles is 1. The van der Waals surface area contributed by atoms with Crippen molar-refractivity contribution in [3.8, 4) is 6.07 Å². The predicted octanol–water partition coefficient (Wildman–Crippen LogP) is 1.49. The molecule has 0 saturated carbocycles. The third kappa shape index (κ3) is 4.98. The number of aliphatic carboxylic acids is 1. The van der Waals surface area contributed by atoms with Gasteiger partial charge in [-0.1, -0.05) is 6.92 Å². The zero-order valence-electron chi connectivity index (χ0n) is 8.79. The SMILES string of the molecule is CCN(CCC#N)CC(C(=O)O)C(F)(F)F. The van der Waals surface area contributed by atoms with Gasteiger partial charge in [0.1, 0.15) is 0 Å². The van der Waals surface area contributed by atoms with Gasteiger partial charge in [-0.2, -0.15) is 18.4 Å². The Balaban J connectivity index is 4.49. The van der Waals surface area contributed by atoms with Crippen molar-refractivity contribution in [2.45, 2.75) is 19.5 Å². The Morgan fingerprint density at radius 1 is 1.56 bits per heavy atom. The van der Waals surface area contributed by atoms with Gasteiger partial charge in [-0.05, 0) is 6.54 Å². The molecule has 0 rings (SSSR count). The van der Waals surface area contributed by atoms with Crippen LogP contribution in [0.5, 0.6) is 0 Å². The molecule has 0 aromatic carbocycles. The van der Waals surface area contributed by atoms with Gasteiger partial charge in [-0.15, -0.1) is 0 Å². The Morgan fingerprint density at radius 3 is 2.44 bits per heavy atom. The summed E-state index contributed by atoms with van der Waals surface area (Å²) >= 11 is 0. The molecule has 1 N–H and O–H groups in total. The Bertz CT molecular complexity index is 273. The lowest BCUT2D eigenvalue weighted by atomic mass is 10.1. The summed E-state index contributed by atoms with van der Waals surface area (Å²) in [4.78, 5) is 11.8. The smallest absolute Gasteiger partial charge is 0.403 e. The monoisotopic (exact) mass is 238 g/mol.